The maximum atomic E-state index is 5.21. The molecule has 1 atom stereocenters. The van der Waals surface area contributed by atoms with Crippen molar-refractivity contribution in [2.45, 2.75) is 13.3 Å². The van der Waals surface area contributed by atoms with Crippen LogP contribution in [0.15, 0.2) is 188 Å². The van der Waals surface area contributed by atoms with Crippen molar-refractivity contribution in [3.05, 3.63) is 198 Å². The van der Waals surface area contributed by atoms with Gasteiger partial charge in [-0.2, -0.15) is 0 Å². The standard InChI is InChI=1S/C54H39N3/c1-36-22-31-51-44(32-36)18-11-20-49(51)41-27-23-39(24-28-41)45-33-46(50-21-10-17-40-14-8-9-19-48(40)50)35-47(34-45)54-56-52(42-15-6-3-7-16-42)55-53(57-54)43-29-25-38(26-30-43)37-12-4-2-5-13-37/h2-21,23-36H,22H2,1H3. The third-order valence-electron chi connectivity index (χ3n) is 11.0. The van der Waals surface area contributed by atoms with Gasteiger partial charge in [0.15, 0.2) is 17.5 Å². The van der Waals surface area contributed by atoms with Gasteiger partial charge in [-0.15, -0.1) is 0 Å². The number of fused-ring (bicyclic) bond motifs is 2. The fraction of sp³-hybridized carbons (Fsp3) is 0.0556. The van der Waals surface area contributed by atoms with E-state index in [-0.39, 0.29) is 0 Å². The number of aromatic nitrogens is 3. The highest BCUT2D eigenvalue weighted by molar-refractivity contribution is 5.98. The van der Waals surface area contributed by atoms with Crippen LogP contribution in [0.5, 0.6) is 0 Å². The van der Waals surface area contributed by atoms with Crippen LogP contribution in [-0.2, 0) is 0 Å². The van der Waals surface area contributed by atoms with Gasteiger partial charge in [-0.1, -0.05) is 189 Å². The van der Waals surface area contributed by atoms with E-state index in [2.05, 4.69) is 183 Å². The van der Waals surface area contributed by atoms with Crippen LogP contribution in [0.1, 0.15) is 13.3 Å². The molecule has 3 heteroatoms. The Bertz CT molecular complexity index is 3020. The van der Waals surface area contributed by atoms with E-state index in [9.17, 15) is 0 Å². The Morgan fingerprint density at radius 3 is 1.61 bits per heavy atom. The molecule has 0 bridgehead atoms. The summed E-state index contributed by atoms with van der Waals surface area (Å²) in [6.45, 7) is 2.28. The zero-order valence-corrected chi connectivity index (χ0v) is 31.7. The third-order valence-corrected chi connectivity index (χ3v) is 11.0. The highest BCUT2D eigenvalue weighted by Crippen LogP contribution is 2.37. The quantitative estimate of drug-likeness (QED) is 0.164. The summed E-state index contributed by atoms with van der Waals surface area (Å²) in [5.74, 6) is 2.46. The maximum Gasteiger partial charge on any atom is 0.164 e. The van der Waals surface area contributed by atoms with E-state index >= 15 is 0 Å². The lowest BCUT2D eigenvalue weighted by Gasteiger charge is -2.14. The molecule has 8 aromatic carbocycles. The molecular formula is C54H39N3. The summed E-state index contributed by atoms with van der Waals surface area (Å²) in [6.07, 6.45) is 5.85. The monoisotopic (exact) mass is 729 g/mol. The third kappa shape index (κ3) is 6.85. The Balaban J connectivity index is 1.13. The Morgan fingerprint density at radius 1 is 0.386 bits per heavy atom. The summed E-state index contributed by atoms with van der Waals surface area (Å²) in [6, 6.07) is 66.6. The smallest absolute Gasteiger partial charge is 0.164 e. The van der Waals surface area contributed by atoms with Crippen molar-refractivity contribution in [1.82, 2.24) is 15.0 Å². The van der Waals surface area contributed by atoms with Gasteiger partial charge in [0.05, 0.1) is 0 Å². The van der Waals surface area contributed by atoms with Gasteiger partial charge in [0.1, 0.15) is 0 Å². The first-order valence-electron chi connectivity index (χ1n) is 19.7. The topological polar surface area (TPSA) is 38.7 Å². The summed E-state index contributed by atoms with van der Waals surface area (Å²) >= 11 is 0. The largest absolute Gasteiger partial charge is 0.208 e. The molecule has 1 aliphatic rings. The van der Waals surface area contributed by atoms with E-state index < -0.39 is 0 Å². The fourth-order valence-electron chi connectivity index (χ4n) is 8.08. The number of nitrogens with zero attached hydrogens (tertiary/aromatic N) is 3. The fourth-order valence-corrected chi connectivity index (χ4v) is 8.08. The van der Waals surface area contributed by atoms with Gasteiger partial charge < -0.3 is 0 Å². The van der Waals surface area contributed by atoms with Gasteiger partial charge in [-0.25, -0.2) is 15.0 Å². The molecular weight excluding hydrogens is 691 g/mol. The minimum Gasteiger partial charge on any atom is -0.208 e. The van der Waals surface area contributed by atoms with E-state index in [0.29, 0.717) is 23.4 Å². The lowest BCUT2D eigenvalue weighted by Crippen LogP contribution is -2.30. The molecule has 0 N–H and O–H groups in total. The first-order chi connectivity index (χ1) is 28.1. The van der Waals surface area contributed by atoms with E-state index in [1.165, 1.54) is 43.5 Å². The second-order valence-electron chi connectivity index (χ2n) is 14.9. The molecule has 0 amide bonds. The minimum atomic E-state index is 0.558. The van der Waals surface area contributed by atoms with Crippen LogP contribution >= 0.6 is 0 Å². The SMILES string of the molecule is CC1C=c2cccc(-c3ccc(-c4cc(-c5nc(-c6ccccc6)nc(-c6ccc(-c7ccccc7)cc6)n5)cc(-c5cccc6ccccc56)c4)cc3)c2=CC1. The van der Waals surface area contributed by atoms with E-state index in [1.807, 2.05) is 24.3 Å². The van der Waals surface area contributed by atoms with Crippen molar-refractivity contribution in [2.75, 3.05) is 0 Å². The minimum absolute atomic E-state index is 0.558. The maximum absolute atomic E-state index is 5.21. The van der Waals surface area contributed by atoms with Gasteiger partial charge in [0, 0.05) is 16.7 Å². The van der Waals surface area contributed by atoms with Crippen LogP contribution in [0.4, 0.5) is 0 Å². The molecule has 0 saturated heterocycles. The summed E-state index contributed by atoms with van der Waals surface area (Å²) in [4.78, 5) is 15.4. The van der Waals surface area contributed by atoms with Crippen LogP contribution < -0.4 is 10.4 Å². The van der Waals surface area contributed by atoms with Crippen molar-refractivity contribution >= 4 is 22.9 Å². The molecule has 1 heterocycles. The second-order valence-corrected chi connectivity index (χ2v) is 14.9. The molecule has 1 aliphatic carbocycles. The Labute approximate surface area is 333 Å². The van der Waals surface area contributed by atoms with Gasteiger partial charge in [-0.3, -0.25) is 0 Å². The van der Waals surface area contributed by atoms with Crippen LogP contribution in [0.2, 0.25) is 0 Å². The average molecular weight is 730 g/mol. The molecule has 1 unspecified atom stereocenters. The van der Waals surface area contributed by atoms with E-state index in [4.69, 9.17) is 15.0 Å². The first kappa shape index (κ1) is 34.3. The van der Waals surface area contributed by atoms with Gasteiger partial charge in [-0.05, 0) is 96.3 Å². The van der Waals surface area contributed by atoms with Gasteiger partial charge in [0.25, 0.3) is 0 Å². The van der Waals surface area contributed by atoms with Gasteiger partial charge >= 0.3 is 0 Å². The van der Waals surface area contributed by atoms with E-state index in [1.54, 1.807) is 0 Å². The summed E-state index contributed by atoms with van der Waals surface area (Å²) in [5, 5.41) is 5.06. The van der Waals surface area contributed by atoms with Crippen molar-refractivity contribution in [3.8, 4) is 78.7 Å². The number of hydrogen-bond donors (Lipinski definition) is 0. The lowest BCUT2D eigenvalue weighted by molar-refractivity contribution is 0.800. The Morgan fingerprint density at radius 2 is 0.877 bits per heavy atom. The van der Waals surface area contributed by atoms with Gasteiger partial charge in [0.2, 0.25) is 0 Å². The molecule has 0 saturated carbocycles. The van der Waals surface area contributed by atoms with Crippen molar-refractivity contribution in [2.24, 2.45) is 5.92 Å². The first-order valence-corrected chi connectivity index (χ1v) is 19.7. The molecule has 0 fully saturated rings. The predicted octanol–water partition coefficient (Wildman–Crippen LogP) is 12.3. The van der Waals surface area contributed by atoms with Crippen molar-refractivity contribution in [3.63, 3.8) is 0 Å². The van der Waals surface area contributed by atoms with E-state index in [0.717, 1.165) is 45.4 Å². The zero-order chi connectivity index (χ0) is 38.1. The Hall–Kier alpha value is -7.23. The van der Waals surface area contributed by atoms with Crippen molar-refractivity contribution < 1.29 is 0 Å². The second kappa shape index (κ2) is 14.8. The molecule has 9 aromatic rings. The van der Waals surface area contributed by atoms with Crippen molar-refractivity contribution in [1.29, 1.82) is 0 Å². The van der Waals surface area contributed by atoms with Crippen LogP contribution in [0.25, 0.3) is 102 Å². The molecule has 1 aromatic heterocycles. The summed E-state index contributed by atoms with van der Waals surface area (Å²) in [5.41, 5.74) is 12.1. The number of hydrogen-bond acceptors (Lipinski definition) is 3. The molecule has 57 heavy (non-hydrogen) atoms. The summed E-state index contributed by atoms with van der Waals surface area (Å²) < 4.78 is 0. The van der Waals surface area contributed by atoms with Crippen LogP contribution in [0.3, 0.4) is 0 Å². The summed E-state index contributed by atoms with van der Waals surface area (Å²) in [7, 11) is 0. The predicted molar refractivity (Wildman–Crippen MR) is 237 cm³/mol. The zero-order valence-electron chi connectivity index (χ0n) is 31.7. The normalized spacial score (nSPS) is 13.4. The highest BCUT2D eigenvalue weighted by Gasteiger charge is 2.16. The lowest BCUT2D eigenvalue weighted by atomic mass is 9.91. The highest BCUT2D eigenvalue weighted by atomic mass is 15.0. The number of rotatable bonds is 7. The molecule has 0 radical (unpaired) electrons. The molecule has 0 aliphatic heterocycles. The van der Waals surface area contributed by atoms with Crippen LogP contribution in [0, 0.1) is 5.92 Å². The average Bonchev–Trinajstić information content (AvgIpc) is 3.29. The molecule has 3 nitrogen and oxygen atoms in total. The Kier molecular flexibility index (Phi) is 8.89. The molecule has 0 spiro atoms. The molecule has 10 rings (SSSR count). The molecule has 270 valence electrons. The number of benzene rings is 8. The van der Waals surface area contributed by atoms with Crippen LogP contribution in [-0.4, -0.2) is 15.0 Å².